The maximum absolute atomic E-state index is 12.8. The van der Waals surface area contributed by atoms with Crippen LogP contribution in [0.5, 0.6) is 0 Å². The molecule has 0 saturated carbocycles. The third kappa shape index (κ3) is 4.52. The average molecular weight is 407 g/mol. The Labute approximate surface area is 165 Å². The molecule has 8 nitrogen and oxygen atoms in total. The minimum absolute atomic E-state index is 0.00902. The number of thiophene rings is 1. The van der Waals surface area contributed by atoms with Gasteiger partial charge in [-0.25, -0.2) is 4.98 Å². The van der Waals surface area contributed by atoms with Crippen LogP contribution in [0.3, 0.4) is 0 Å². The van der Waals surface area contributed by atoms with Crippen molar-refractivity contribution in [1.29, 1.82) is 5.41 Å². The van der Waals surface area contributed by atoms with E-state index in [9.17, 15) is 9.59 Å². The van der Waals surface area contributed by atoms with Crippen molar-refractivity contribution >= 4 is 40.3 Å². The number of thiazole rings is 1. The van der Waals surface area contributed by atoms with Crippen LogP contribution >= 0.6 is 22.7 Å². The Morgan fingerprint density at radius 2 is 2.26 bits per heavy atom. The molecule has 0 aliphatic carbocycles. The first-order valence-electron chi connectivity index (χ1n) is 8.52. The SMILES string of the molecule is CNCC(=O)N1C[C@H](c2nccs2)CC1C(=O)NCc1cc(C(=N)N)cs1. The van der Waals surface area contributed by atoms with Crippen molar-refractivity contribution in [3.05, 3.63) is 38.5 Å². The number of rotatable bonds is 7. The molecule has 2 atom stereocenters. The molecular formula is C17H22N6O2S2. The van der Waals surface area contributed by atoms with E-state index in [2.05, 4.69) is 15.6 Å². The fourth-order valence-corrected chi connectivity index (χ4v) is 4.70. The van der Waals surface area contributed by atoms with Crippen molar-refractivity contribution < 1.29 is 9.59 Å². The number of nitrogens with one attached hydrogen (secondary N) is 3. The highest BCUT2D eigenvalue weighted by molar-refractivity contribution is 7.10. The lowest BCUT2D eigenvalue weighted by atomic mass is 10.1. The summed E-state index contributed by atoms with van der Waals surface area (Å²) in [4.78, 5) is 32.2. The molecule has 0 bridgehead atoms. The molecule has 2 aromatic heterocycles. The topological polar surface area (TPSA) is 124 Å². The van der Waals surface area contributed by atoms with Crippen LogP contribution < -0.4 is 16.4 Å². The van der Waals surface area contributed by atoms with E-state index in [1.807, 2.05) is 5.38 Å². The lowest BCUT2D eigenvalue weighted by Gasteiger charge is -2.23. The number of carbonyl (C=O) groups is 2. The van der Waals surface area contributed by atoms with Crippen LogP contribution in [0.2, 0.25) is 0 Å². The molecule has 2 aromatic rings. The molecule has 1 aliphatic heterocycles. The van der Waals surface area contributed by atoms with Gasteiger partial charge in [0.2, 0.25) is 11.8 Å². The van der Waals surface area contributed by atoms with Gasteiger partial charge in [0.05, 0.1) is 18.1 Å². The Hall–Kier alpha value is -2.30. The first kappa shape index (κ1) is 19.5. The number of nitrogens with zero attached hydrogens (tertiary/aromatic N) is 2. The molecule has 0 aromatic carbocycles. The molecule has 2 amide bonds. The van der Waals surface area contributed by atoms with Gasteiger partial charge in [-0.05, 0) is 19.5 Å². The molecule has 0 spiro atoms. The Balaban J connectivity index is 1.67. The molecule has 1 aliphatic rings. The second-order valence-corrected chi connectivity index (χ2v) is 8.25. The molecule has 1 fully saturated rings. The van der Waals surface area contributed by atoms with Crippen molar-refractivity contribution in [1.82, 2.24) is 20.5 Å². The molecule has 0 radical (unpaired) electrons. The summed E-state index contributed by atoms with van der Waals surface area (Å²) in [5, 5.41) is 17.9. The van der Waals surface area contributed by atoms with E-state index in [4.69, 9.17) is 11.1 Å². The molecule has 10 heteroatoms. The van der Waals surface area contributed by atoms with E-state index in [0.717, 1.165) is 9.88 Å². The van der Waals surface area contributed by atoms with Crippen LogP contribution in [0, 0.1) is 5.41 Å². The predicted octanol–water partition coefficient (Wildman–Crippen LogP) is 0.709. The van der Waals surface area contributed by atoms with Gasteiger partial charge in [-0.2, -0.15) is 0 Å². The fourth-order valence-electron chi connectivity index (χ4n) is 3.13. The zero-order chi connectivity index (χ0) is 19.4. The van der Waals surface area contributed by atoms with E-state index in [-0.39, 0.29) is 30.1 Å². The minimum Gasteiger partial charge on any atom is -0.384 e. The van der Waals surface area contributed by atoms with Crippen molar-refractivity contribution in [3.63, 3.8) is 0 Å². The highest BCUT2D eigenvalue weighted by Gasteiger charge is 2.40. The molecule has 1 unspecified atom stereocenters. The maximum atomic E-state index is 12.8. The minimum atomic E-state index is -0.507. The summed E-state index contributed by atoms with van der Waals surface area (Å²) in [6, 6.07) is 1.29. The number of amides is 2. The van der Waals surface area contributed by atoms with Gasteiger partial charge < -0.3 is 21.3 Å². The zero-order valence-corrected chi connectivity index (χ0v) is 16.5. The normalized spacial score (nSPS) is 19.2. The van der Waals surface area contributed by atoms with Gasteiger partial charge >= 0.3 is 0 Å². The third-order valence-corrected chi connectivity index (χ3v) is 6.33. The van der Waals surface area contributed by atoms with Gasteiger partial charge in [-0.3, -0.25) is 15.0 Å². The number of nitrogens with two attached hydrogens (primary N) is 1. The standard InChI is InChI=1S/C17H22N6O2S2/c1-20-7-14(24)23-8-10(17-21-2-3-26-17)5-13(23)16(25)22-6-12-4-11(9-27-12)15(18)19/h2-4,9-10,13,20H,5-8H2,1H3,(H3,18,19)(H,22,25)/t10-,13?/m1/s1. The zero-order valence-electron chi connectivity index (χ0n) is 14.9. The summed E-state index contributed by atoms with van der Waals surface area (Å²) >= 11 is 2.99. The largest absolute Gasteiger partial charge is 0.384 e. The van der Waals surface area contributed by atoms with Gasteiger partial charge in [-0.1, -0.05) is 0 Å². The summed E-state index contributed by atoms with van der Waals surface area (Å²) < 4.78 is 0. The van der Waals surface area contributed by atoms with Gasteiger partial charge in [0.1, 0.15) is 11.9 Å². The number of likely N-dealkylation sites (tertiary alicyclic amines) is 1. The van der Waals surface area contributed by atoms with Crippen molar-refractivity contribution in [2.75, 3.05) is 20.1 Å². The van der Waals surface area contributed by atoms with Crippen LogP contribution in [0.1, 0.15) is 27.8 Å². The third-order valence-electron chi connectivity index (χ3n) is 4.45. The molecule has 5 N–H and O–H groups in total. The van der Waals surface area contributed by atoms with Gasteiger partial charge in [0, 0.05) is 39.9 Å². The number of likely N-dealkylation sites (N-methyl/N-ethyl adjacent to an activating group) is 1. The van der Waals surface area contributed by atoms with Gasteiger partial charge in [0.25, 0.3) is 0 Å². The molecular weight excluding hydrogens is 384 g/mol. The predicted molar refractivity (Wildman–Crippen MR) is 106 cm³/mol. The van der Waals surface area contributed by atoms with E-state index in [1.54, 1.807) is 40.9 Å². The number of aromatic nitrogens is 1. The summed E-state index contributed by atoms with van der Waals surface area (Å²) in [7, 11) is 1.71. The Morgan fingerprint density at radius 1 is 1.44 bits per heavy atom. The quantitative estimate of drug-likeness (QED) is 0.398. The van der Waals surface area contributed by atoms with Crippen LogP contribution in [0.4, 0.5) is 0 Å². The Morgan fingerprint density at radius 3 is 2.89 bits per heavy atom. The van der Waals surface area contributed by atoms with E-state index in [1.165, 1.54) is 11.3 Å². The van der Waals surface area contributed by atoms with Gasteiger partial charge in [-0.15, -0.1) is 22.7 Å². The average Bonchev–Trinajstić information content (AvgIpc) is 3.39. The Bertz CT molecular complexity index is 819. The number of hydrogen-bond acceptors (Lipinski definition) is 7. The molecule has 144 valence electrons. The van der Waals surface area contributed by atoms with Crippen molar-refractivity contribution in [3.8, 4) is 0 Å². The van der Waals surface area contributed by atoms with E-state index in [0.29, 0.717) is 25.1 Å². The van der Waals surface area contributed by atoms with Crippen LogP contribution in [-0.4, -0.2) is 53.7 Å². The smallest absolute Gasteiger partial charge is 0.243 e. The second kappa shape index (κ2) is 8.59. The summed E-state index contributed by atoms with van der Waals surface area (Å²) in [6.45, 7) is 1.05. The molecule has 1 saturated heterocycles. The molecule has 3 rings (SSSR count). The number of amidine groups is 1. The van der Waals surface area contributed by atoms with Gasteiger partial charge in [0.15, 0.2) is 0 Å². The number of carbonyl (C=O) groups excluding carboxylic acids is 2. The fraction of sp³-hybridized carbons (Fsp3) is 0.412. The van der Waals surface area contributed by atoms with Crippen molar-refractivity contribution in [2.24, 2.45) is 5.73 Å². The number of nitrogen functional groups attached to an aromatic ring is 1. The highest BCUT2D eigenvalue weighted by Crippen LogP contribution is 2.33. The monoisotopic (exact) mass is 406 g/mol. The second-order valence-electron chi connectivity index (χ2n) is 6.33. The molecule has 27 heavy (non-hydrogen) atoms. The van der Waals surface area contributed by atoms with Crippen molar-refractivity contribution in [2.45, 2.75) is 24.9 Å². The summed E-state index contributed by atoms with van der Waals surface area (Å²) in [5.74, 6) is -0.176. The maximum Gasteiger partial charge on any atom is 0.243 e. The molecule has 3 heterocycles. The lowest BCUT2D eigenvalue weighted by molar-refractivity contribution is -0.137. The lowest BCUT2D eigenvalue weighted by Crippen LogP contribution is -2.47. The first-order chi connectivity index (χ1) is 13.0. The number of hydrogen-bond donors (Lipinski definition) is 4. The summed E-state index contributed by atoms with van der Waals surface area (Å²) in [5.41, 5.74) is 6.12. The van der Waals surface area contributed by atoms with Crippen LogP contribution in [0.15, 0.2) is 23.0 Å². The van der Waals surface area contributed by atoms with E-state index >= 15 is 0 Å². The highest BCUT2D eigenvalue weighted by atomic mass is 32.1. The summed E-state index contributed by atoms with van der Waals surface area (Å²) in [6.07, 6.45) is 2.31. The van der Waals surface area contributed by atoms with Crippen LogP contribution in [0.25, 0.3) is 0 Å². The Kier molecular flexibility index (Phi) is 6.19. The first-order valence-corrected chi connectivity index (χ1v) is 10.3. The van der Waals surface area contributed by atoms with E-state index < -0.39 is 6.04 Å². The van der Waals surface area contributed by atoms with Crippen LogP contribution in [-0.2, 0) is 16.1 Å².